The van der Waals surface area contributed by atoms with Crippen LogP contribution in [0.2, 0.25) is 5.02 Å². The molecule has 6 heteroatoms. The minimum Gasteiger partial charge on any atom is -0.338 e. The fraction of sp³-hybridized carbons (Fsp3) is 0.278. The molecule has 0 bridgehead atoms. The number of pyridine rings is 1. The molecular weight excluding hydrogens is 324 g/mol. The monoisotopic (exact) mass is 340 g/mol. The van der Waals surface area contributed by atoms with Crippen LogP contribution in [0.15, 0.2) is 48.9 Å². The van der Waals surface area contributed by atoms with Crippen LogP contribution in [0.1, 0.15) is 22.3 Å². The Morgan fingerprint density at radius 3 is 2.92 bits per heavy atom. The van der Waals surface area contributed by atoms with Gasteiger partial charge in [-0.15, -0.1) is 10.2 Å². The number of carbonyl (C=O) groups excluding carboxylic acids is 1. The van der Waals surface area contributed by atoms with Crippen molar-refractivity contribution in [2.24, 2.45) is 5.92 Å². The van der Waals surface area contributed by atoms with Crippen LogP contribution in [0.5, 0.6) is 0 Å². The second-order valence-electron chi connectivity index (χ2n) is 6.22. The SMILES string of the molecule is O=C(c1cccn2cnnc12)N1CCC(Cc2ccc(Cl)cc2)C1. The van der Waals surface area contributed by atoms with Crippen molar-refractivity contribution in [1.82, 2.24) is 19.5 Å². The number of fused-ring (bicyclic) bond motifs is 1. The zero-order chi connectivity index (χ0) is 16.5. The number of amides is 1. The van der Waals surface area contributed by atoms with E-state index in [2.05, 4.69) is 22.3 Å². The summed E-state index contributed by atoms with van der Waals surface area (Å²) in [5.74, 6) is 0.514. The number of nitrogens with zero attached hydrogens (tertiary/aromatic N) is 4. The highest BCUT2D eigenvalue weighted by atomic mass is 35.5. The lowest BCUT2D eigenvalue weighted by Crippen LogP contribution is -2.29. The van der Waals surface area contributed by atoms with E-state index in [1.807, 2.05) is 35.4 Å². The Balaban J connectivity index is 1.47. The summed E-state index contributed by atoms with van der Waals surface area (Å²) in [5.41, 5.74) is 2.49. The first-order chi connectivity index (χ1) is 11.7. The van der Waals surface area contributed by atoms with Crippen molar-refractivity contribution in [2.75, 3.05) is 13.1 Å². The van der Waals surface area contributed by atoms with Crippen LogP contribution in [0.3, 0.4) is 0 Å². The van der Waals surface area contributed by atoms with Crippen molar-refractivity contribution in [3.05, 3.63) is 65.1 Å². The molecule has 122 valence electrons. The number of carbonyl (C=O) groups is 1. The van der Waals surface area contributed by atoms with Gasteiger partial charge in [-0.05, 0) is 48.6 Å². The van der Waals surface area contributed by atoms with E-state index in [1.54, 1.807) is 10.7 Å². The smallest absolute Gasteiger partial charge is 0.257 e. The van der Waals surface area contributed by atoms with Crippen molar-refractivity contribution >= 4 is 23.2 Å². The highest BCUT2D eigenvalue weighted by Crippen LogP contribution is 2.24. The van der Waals surface area contributed by atoms with Gasteiger partial charge >= 0.3 is 0 Å². The van der Waals surface area contributed by atoms with Crippen molar-refractivity contribution in [3.63, 3.8) is 0 Å². The fourth-order valence-electron chi connectivity index (χ4n) is 3.33. The van der Waals surface area contributed by atoms with Crippen LogP contribution >= 0.6 is 11.6 Å². The van der Waals surface area contributed by atoms with Crippen LogP contribution in [0, 0.1) is 5.92 Å². The number of rotatable bonds is 3. The van der Waals surface area contributed by atoms with Crippen molar-refractivity contribution in [1.29, 1.82) is 0 Å². The molecule has 3 aromatic rings. The zero-order valence-electron chi connectivity index (χ0n) is 13.1. The summed E-state index contributed by atoms with van der Waals surface area (Å²) in [4.78, 5) is 14.8. The lowest BCUT2D eigenvalue weighted by Gasteiger charge is -2.17. The first-order valence-corrected chi connectivity index (χ1v) is 8.40. The Kier molecular flexibility index (Phi) is 3.94. The summed E-state index contributed by atoms with van der Waals surface area (Å²) in [7, 11) is 0. The van der Waals surface area contributed by atoms with E-state index in [9.17, 15) is 4.79 Å². The molecule has 0 saturated carbocycles. The molecule has 2 aromatic heterocycles. The molecule has 0 N–H and O–H groups in total. The lowest BCUT2D eigenvalue weighted by atomic mass is 9.99. The first-order valence-electron chi connectivity index (χ1n) is 8.03. The average molecular weight is 341 g/mol. The predicted octanol–water partition coefficient (Wildman–Crippen LogP) is 3.09. The van der Waals surface area contributed by atoms with Gasteiger partial charge < -0.3 is 4.90 Å². The van der Waals surface area contributed by atoms with Gasteiger partial charge in [0.15, 0.2) is 5.65 Å². The van der Waals surface area contributed by atoms with E-state index >= 15 is 0 Å². The summed E-state index contributed by atoms with van der Waals surface area (Å²) in [6, 6.07) is 11.6. The molecule has 5 nitrogen and oxygen atoms in total. The molecule has 1 atom stereocenters. The number of likely N-dealkylation sites (tertiary alicyclic amines) is 1. The van der Waals surface area contributed by atoms with E-state index in [4.69, 9.17) is 11.6 Å². The van der Waals surface area contributed by atoms with E-state index in [-0.39, 0.29) is 5.91 Å². The second-order valence-corrected chi connectivity index (χ2v) is 6.66. The largest absolute Gasteiger partial charge is 0.338 e. The molecule has 1 amide bonds. The van der Waals surface area contributed by atoms with Gasteiger partial charge in [0.25, 0.3) is 5.91 Å². The second kappa shape index (κ2) is 6.24. The van der Waals surface area contributed by atoms with Gasteiger partial charge in [0.1, 0.15) is 6.33 Å². The summed E-state index contributed by atoms with van der Waals surface area (Å²) < 4.78 is 1.77. The number of benzene rings is 1. The number of halogens is 1. The van der Waals surface area contributed by atoms with Crippen LogP contribution in [0.4, 0.5) is 0 Å². The van der Waals surface area contributed by atoms with E-state index in [1.165, 1.54) is 5.56 Å². The molecule has 1 aliphatic heterocycles. The minimum atomic E-state index is 0.0345. The molecule has 4 rings (SSSR count). The molecule has 0 radical (unpaired) electrons. The topological polar surface area (TPSA) is 50.5 Å². The summed E-state index contributed by atoms with van der Waals surface area (Å²) in [5, 5.41) is 8.69. The van der Waals surface area contributed by atoms with Gasteiger partial charge in [0.05, 0.1) is 5.56 Å². The Bertz CT molecular complexity index is 874. The van der Waals surface area contributed by atoms with E-state index in [0.29, 0.717) is 17.1 Å². The van der Waals surface area contributed by atoms with E-state index in [0.717, 1.165) is 31.0 Å². The zero-order valence-corrected chi connectivity index (χ0v) is 13.9. The van der Waals surface area contributed by atoms with Gasteiger partial charge in [-0.25, -0.2) is 0 Å². The Hall–Kier alpha value is -2.40. The molecule has 1 aromatic carbocycles. The van der Waals surface area contributed by atoms with Crippen LogP contribution in [-0.4, -0.2) is 38.5 Å². The Morgan fingerprint density at radius 2 is 2.08 bits per heavy atom. The molecule has 24 heavy (non-hydrogen) atoms. The van der Waals surface area contributed by atoms with Gasteiger partial charge in [-0.3, -0.25) is 9.20 Å². The summed E-state index contributed by atoms with van der Waals surface area (Å²) in [6.45, 7) is 1.56. The number of hydrogen-bond donors (Lipinski definition) is 0. The Morgan fingerprint density at radius 1 is 1.25 bits per heavy atom. The highest BCUT2D eigenvalue weighted by Gasteiger charge is 2.28. The molecule has 0 spiro atoms. The first kappa shape index (κ1) is 15.1. The average Bonchev–Trinajstić information content (AvgIpc) is 3.25. The molecule has 1 aliphatic rings. The van der Waals surface area contributed by atoms with Crippen LogP contribution in [-0.2, 0) is 6.42 Å². The molecular formula is C18H17ClN4O. The maximum absolute atomic E-state index is 12.8. The van der Waals surface area contributed by atoms with Crippen molar-refractivity contribution in [2.45, 2.75) is 12.8 Å². The third kappa shape index (κ3) is 2.87. The summed E-state index contributed by atoms with van der Waals surface area (Å²) in [6.07, 6.45) is 5.44. The van der Waals surface area contributed by atoms with Crippen LogP contribution in [0.25, 0.3) is 5.65 Å². The molecule has 1 fully saturated rings. The van der Waals surface area contributed by atoms with Crippen molar-refractivity contribution in [3.8, 4) is 0 Å². The molecule has 3 heterocycles. The van der Waals surface area contributed by atoms with Crippen molar-refractivity contribution < 1.29 is 4.79 Å². The summed E-state index contributed by atoms with van der Waals surface area (Å²) >= 11 is 5.93. The lowest BCUT2D eigenvalue weighted by molar-refractivity contribution is 0.0788. The quantitative estimate of drug-likeness (QED) is 0.736. The third-order valence-electron chi connectivity index (χ3n) is 4.56. The van der Waals surface area contributed by atoms with Gasteiger partial charge in [-0.1, -0.05) is 23.7 Å². The van der Waals surface area contributed by atoms with Crippen LogP contribution < -0.4 is 0 Å². The van der Waals surface area contributed by atoms with E-state index < -0.39 is 0 Å². The normalized spacial score (nSPS) is 17.5. The molecule has 0 aliphatic carbocycles. The molecule has 1 saturated heterocycles. The van der Waals surface area contributed by atoms with Gasteiger partial charge in [0.2, 0.25) is 0 Å². The predicted molar refractivity (Wildman–Crippen MR) is 92.2 cm³/mol. The Labute approximate surface area is 144 Å². The minimum absolute atomic E-state index is 0.0345. The third-order valence-corrected chi connectivity index (χ3v) is 4.82. The standard InChI is InChI=1S/C18H17ClN4O/c19-15-5-3-13(4-6-15)10-14-7-9-22(11-14)18(24)16-2-1-8-23-12-20-21-17(16)23/h1-6,8,12,14H,7,9-11H2. The molecule has 1 unspecified atom stereocenters. The number of hydrogen-bond acceptors (Lipinski definition) is 3. The van der Waals surface area contributed by atoms with Gasteiger partial charge in [0, 0.05) is 24.3 Å². The van der Waals surface area contributed by atoms with Gasteiger partial charge in [-0.2, -0.15) is 0 Å². The maximum atomic E-state index is 12.8. The maximum Gasteiger partial charge on any atom is 0.257 e. The highest BCUT2D eigenvalue weighted by molar-refractivity contribution is 6.30. The fourth-order valence-corrected chi connectivity index (χ4v) is 3.45. The number of aromatic nitrogens is 3.